The predicted octanol–water partition coefficient (Wildman–Crippen LogP) is 4.91. The number of aryl methyl sites for hydroxylation is 1. The molecule has 31 heavy (non-hydrogen) atoms. The lowest BCUT2D eigenvalue weighted by atomic mass is 10.0. The number of hydrogen-bond donors (Lipinski definition) is 1. The molecular weight excluding hydrogens is 408 g/mol. The van der Waals surface area contributed by atoms with Crippen LogP contribution in [0.3, 0.4) is 0 Å². The van der Waals surface area contributed by atoms with Gasteiger partial charge in [0.05, 0.1) is 47.9 Å². The first-order valence-corrected chi connectivity index (χ1v) is 10.9. The minimum Gasteiger partial charge on any atom is -0.493 e. The first-order valence-electron chi connectivity index (χ1n) is 9.98. The van der Waals surface area contributed by atoms with E-state index in [0.717, 1.165) is 52.4 Å². The Morgan fingerprint density at radius 3 is 2.74 bits per heavy atom. The van der Waals surface area contributed by atoms with Crippen molar-refractivity contribution >= 4 is 11.3 Å². The molecule has 6 nitrogen and oxygen atoms in total. The molecule has 0 saturated heterocycles. The molecule has 0 fully saturated rings. The van der Waals surface area contributed by atoms with E-state index in [9.17, 15) is 0 Å². The van der Waals surface area contributed by atoms with Gasteiger partial charge in [-0.15, -0.1) is 11.3 Å². The van der Waals surface area contributed by atoms with Gasteiger partial charge in [-0.05, 0) is 36.8 Å². The zero-order valence-electron chi connectivity index (χ0n) is 17.2. The van der Waals surface area contributed by atoms with E-state index in [4.69, 9.17) is 14.7 Å². The van der Waals surface area contributed by atoms with Gasteiger partial charge in [0.15, 0.2) is 11.5 Å². The highest BCUT2D eigenvalue weighted by Gasteiger charge is 2.27. The van der Waals surface area contributed by atoms with Crippen LogP contribution in [0.25, 0.3) is 22.5 Å². The molecule has 0 bridgehead atoms. The SMILES string of the molecule is COc1cc2c(cc1OCCc1ncsc1C)Cc1c(-c3ccc(C#N)cc3)n[nH]c1-2. The lowest BCUT2D eigenvalue weighted by Crippen LogP contribution is -2.04. The molecule has 0 atom stereocenters. The zero-order chi connectivity index (χ0) is 21.4. The molecule has 5 rings (SSSR count). The summed E-state index contributed by atoms with van der Waals surface area (Å²) in [5.41, 5.74) is 9.92. The van der Waals surface area contributed by atoms with Crippen LogP contribution >= 0.6 is 11.3 Å². The summed E-state index contributed by atoms with van der Waals surface area (Å²) < 4.78 is 11.7. The maximum Gasteiger partial charge on any atom is 0.161 e. The molecule has 0 unspecified atom stereocenters. The normalized spacial score (nSPS) is 11.6. The van der Waals surface area contributed by atoms with Crippen molar-refractivity contribution in [1.82, 2.24) is 15.2 Å². The highest BCUT2D eigenvalue weighted by molar-refractivity contribution is 7.09. The number of H-pyrrole nitrogens is 1. The van der Waals surface area contributed by atoms with Gasteiger partial charge in [0.25, 0.3) is 0 Å². The highest BCUT2D eigenvalue weighted by Crippen LogP contribution is 2.44. The number of thiazole rings is 1. The molecule has 2 aromatic heterocycles. The fourth-order valence-corrected chi connectivity index (χ4v) is 4.60. The van der Waals surface area contributed by atoms with Gasteiger partial charge in [0, 0.05) is 34.4 Å². The Hall–Kier alpha value is -3.63. The lowest BCUT2D eigenvalue weighted by molar-refractivity contribution is 0.296. The Kier molecular flexibility index (Phi) is 4.92. The molecule has 1 aliphatic carbocycles. The number of benzene rings is 2. The summed E-state index contributed by atoms with van der Waals surface area (Å²) in [5, 5.41) is 16.8. The highest BCUT2D eigenvalue weighted by atomic mass is 32.1. The third kappa shape index (κ3) is 3.45. The van der Waals surface area contributed by atoms with E-state index in [-0.39, 0.29) is 0 Å². The van der Waals surface area contributed by atoms with Crippen LogP contribution in [0.2, 0.25) is 0 Å². The summed E-state index contributed by atoms with van der Waals surface area (Å²) in [4.78, 5) is 5.62. The Bertz CT molecular complexity index is 1300. The maximum absolute atomic E-state index is 9.04. The Labute approximate surface area is 184 Å². The molecule has 154 valence electrons. The van der Waals surface area contributed by atoms with Crippen molar-refractivity contribution < 1.29 is 9.47 Å². The van der Waals surface area contributed by atoms with E-state index in [1.54, 1.807) is 18.4 Å². The summed E-state index contributed by atoms with van der Waals surface area (Å²) in [6.07, 6.45) is 1.53. The molecule has 4 aromatic rings. The summed E-state index contributed by atoms with van der Waals surface area (Å²) in [5.74, 6) is 1.45. The largest absolute Gasteiger partial charge is 0.493 e. The minimum absolute atomic E-state index is 0.545. The van der Waals surface area contributed by atoms with Crippen LogP contribution < -0.4 is 9.47 Å². The molecule has 1 N–H and O–H groups in total. The van der Waals surface area contributed by atoms with Crippen molar-refractivity contribution in [3.63, 3.8) is 0 Å². The standard InChI is InChI=1S/C24H20N4O2S/c1-14-20(26-13-31-14)7-8-30-22-10-17-9-19-23(16-5-3-15(12-25)4-6-16)27-28-24(19)18(17)11-21(22)29-2/h3-6,10-11,13H,7-9H2,1-2H3,(H,27,28). The van der Waals surface area contributed by atoms with Gasteiger partial charge >= 0.3 is 0 Å². The fraction of sp³-hybridized carbons (Fsp3) is 0.208. The molecule has 7 heteroatoms. The number of methoxy groups -OCH3 is 1. The van der Waals surface area contributed by atoms with Crippen LogP contribution in [0.5, 0.6) is 11.5 Å². The number of ether oxygens (including phenoxy) is 2. The third-order valence-corrected chi connectivity index (χ3v) is 6.42. The zero-order valence-corrected chi connectivity index (χ0v) is 18.0. The van der Waals surface area contributed by atoms with Crippen LogP contribution in [0.15, 0.2) is 41.9 Å². The molecule has 0 amide bonds. The van der Waals surface area contributed by atoms with Crippen LogP contribution in [0.1, 0.15) is 27.3 Å². The van der Waals surface area contributed by atoms with E-state index in [1.165, 1.54) is 10.4 Å². The predicted molar refractivity (Wildman–Crippen MR) is 120 cm³/mol. The Morgan fingerprint density at radius 1 is 1.19 bits per heavy atom. The molecule has 0 saturated carbocycles. The first-order chi connectivity index (χ1) is 15.2. The number of nitrogens with zero attached hydrogens (tertiary/aromatic N) is 3. The van der Waals surface area contributed by atoms with Crippen LogP contribution in [-0.2, 0) is 12.8 Å². The molecule has 2 aromatic carbocycles. The van der Waals surface area contributed by atoms with Gasteiger partial charge in [-0.1, -0.05) is 12.1 Å². The maximum atomic E-state index is 9.04. The summed E-state index contributed by atoms with van der Waals surface area (Å²) >= 11 is 1.65. The van der Waals surface area contributed by atoms with Crippen molar-refractivity contribution in [1.29, 1.82) is 5.26 Å². The number of hydrogen-bond acceptors (Lipinski definition) is 6. The summed E-state index contributed by atoms with van der Waals surface area (Å²) in [6, 6.07) is 13.8. The van der Waals surface area contributed by atoms with Crippen LogP contribution in [-0.4, -0.2) is 28.9 Å². The molecule has 0 radical (unpaired) electrons. The summed E-state index contributed by atoms with van der Waals surface area (Å²) in [7, 11) is 1.66. The smallest absolute Gasteiger partial charge is 0.161 e. The van der Waals surface area contributed by atoms with Crippen molar-refractivity contribution in [2.24, 2.45) is 0 Å². The van der Waals surface area contributed by atoms with E-state index in [2.05, 4.69) is 34.2 Å². The van der Waals surface area contributed by atoms with Crippen LogP contribution in [0.4, 0.5) is 0 Å². The van der Waals surface area contributed by atoms with E-state index in [0.29, 0.717) is 17.9 Å². The minimum atomic E-state index is 0.545. The van der Waals surface area contributed by atoms with Crippen molar-refractivity contribution in [3.8, 4) is 40.1 Å². The molecular formula is C24H20N4O2S. The van der Waals surface area contributed by atoms with Gasteiger partial charge in [-0.2, -0.15) is 10.4 Å². The van der Waals surface area contributed by atoms with Gasteiger partial charge in [0.2, 0.25) is 0 Å². The first kappa shape index (κ1) is 19.3. The number of nitrogens with one attached hydrogen (secondary N) is 1. The van der Waals surface area contributed by atoms with E-state index < -0.39 is 0 Å². The average molecular weight is 429 g/mol. The van der Waals surface area contributed by atoms with Gasteiger partial charge < -0.3 is 9.47 Å². The second-order valence-corrected chi connectivity index (χ2v) is 8.46. The van der Waals surface area contributed by atoms with Gasteiger partial charge in [-0.3, -0.25) is 5.10 Å². The van der Waals surface area contributed by atoms with Crippen molar-refractivity contribution in [2.75, 3.05) is 13.7 Å². The Morgan fingerprint density at radius 2 is 2.03 bits per heavy atom. The van der Waals surface area contributed by atoms with E-state index in [1.807, 2.05) is 35.8 Å². The number of fused-ring (bicyclic) bond motifs is 3. The summed E-state index contributed by atoms with van der Waals surface area (Å²) in [6.45, 7) is 2.62. The van der Waals surface area contributed by atoms with Gasteiger partial charge in [-0.25, -0.2) is 4.98 Å². The quantitative estimate of drug-likeness (QED) is 0.415. The third-order valence-electron chi connectivity index (χ3n) is 5.62. The Balaban J connectivity index is 1.41. The topological polar surface area (TPSA) is 83.8 Å². The number of aromatic amines is 1. The molecule has 1 aliphatic rings. The molecule has 0 aliphatic heterocycles. The molecule has 0 spiro atoms. The number of rotatable bonds is 6. The number of aromatic nitrogens is 3. The van der Waals surface area contributed by atoms with Crippen molar-refractivity contribution in [3.05, 3.63) is 69.2 Å². The monoisotopic (exact) mass is 428 g/mol. The molecule has 2 heterocycles. The fourth-order valence-electron chi connectivity index (χ4n) is 3.97. The lowest BCUT2D eigenvalue weighted by Gasteiger charge is -2.13. The number of nitriles is 1. The van der Waals surface area contributed by atoms with Gasteiger partial charge in [0.1, 0.15) is 0 Å². The second-order valence-electron chi connectivity index (χ2n) is 7.41. The second kappa shape index (κ2) is 7.89. The van der Waals surface area contributed by atoms with E-state index >= 15 is 0 Å². The average Bonchev–Trinajstić information content (AvgIpc) is 3.48. The van der Waals surface area contributed by atoms with Crippen molar-refractivity contribution in [2.45, 2.75) is 19.8 Å². The van der Waals surface area contributed by atoms with Crippen LogP contribution in [0, 0.1) is 18.3 Å².